The zero-order valence-electron chi connectivity index (χ0n) is 13.3. The van der Waals surface area contributed by atoms with Crippen molar-refractivity contribution in [2.75, 3.05) is 13.2 Å². The maximum Gasteiger partial charge on any atom is 0.310 e. The first-order valence-electron chi connectivity index (χ1n) is 7.42. The second-order valence-corrected chi connectivity index (χ2v) is 6.40. The van der Waals surface area contributed by atoms with Crippen molar-refractivity contribution in [2.45, 2.75) is 27.7 Å². The van der Waals surface area contributed by atoms with E-state index in [2.05, 4.69) is 33.8 Å². The summed E-state index contributed by atoms with van der Waals surface area (Å²) >= 11 is 0. The normalized spacial score (nSPS) is 22.3. The van der Waals surface area contributed by atoms with Gasteiger partial charge in [0.15, 0.2) is 0 Å². The van der Waals surface area contributed by atoms with Crippen LogP contribution in [0.4, 0.5) is 0 Å². The van der Waals surface area contributed by atoms with Gasteiger partial charge < -0.3 is 9.47 Å². The zero-order chi connectivity index (χ0) is 15.5. The molecule has 1 aliphatic rings. The molecule has 3 heteroatoms. The van der Waals surface area contributed by atoms with Crippen LogP contribution in [0, 0.1) is 17.3 Å². The van der Waals surface area contributed by atoms with Gasteiger partial charge in [-0.3, -0.25) is 4.79 Å². The number of ether oxygens (including phenoxy) is 2. The summed E-state index contributed by atoms with van der Waals surface area (Å²) in [6.45, 7) is 9.03. The number of allylic oxidation sites excluding steroid dienone is 2. The maximum absolute atomic E-state index is 12.1. The van der Waals surface area contributed by atoms with E-state index >= 15 is 0 Å². The summed E-state index contributed by atoms with van der Waals surface area (Å²) in [4.78, 5) is 12.1. The smallest absolute Gasteiger partial charge is 0.310 e. The summed E-state index contributed by atoms with van der Waals surface area (Å²) in [5, 5.41) is 0. The highest BCUT2D eigenvalue weighted by Crippen LogP contribution is 2.59. The minimum Gasteiger partial charge on any atom is -0.490 e. The first-order chi connectivity index (χ1) is 9.93. The van der Waals surface area contributed by atoms with E-state index in [1.807, 2.05) is 30.3 Å². The average molecular weight is 288 g/mol. The fraction of sp³-hybridized carbons (Fsp3) is 0.500. The van der Waals surface area contributed by atoms with Crippen molar-refractivity contribution < 1.29 is 14.3 Å². The number of rotatable bonds is 6. The maximum atomic E-state index is 12.1. The van der Waals surface area contributed by atoms with Crippen LogP contribution < -0.4 is 4.74 Å². The Hall–Kier alpha value is -1.77. The third-order valence-electron chi connectivity index (χ3n) is 4.02. The largest absolute Gasteiger partial charge is 0.490 e. The van der Waals surface area contributed by atoms with E-state index in [0.717, 1.165) is 5.75 Å². The van der Waals surface area contributed by atoms with Gasteiger partial charge in [0.05, 0.1) is 5.92 Å². The third kappa shape index (κ3) is 3.87. The molecular weight excluding hydrogens is 264 g/mol. The SMILES string of the molecule is CC(C)=C[C@H]1[C@H](C(=O)OCCOc2ccccc2)C1(C)C. The van der Waals surface area contributed by atoms with Crippen LogP contribution in [0.1, 0.15) is 27.7 Å². The monoisotopic (exact) mass is 288 g/mol. The first-order valence-corrected chi connectivity index (χ1v) is 7.42. The molecule has 1 saturated carbocycles. The minimum atomic E-state index is -0.112. The zero-order valence-corrected chi connectivity index (χ0v) is 13.3. The molecule has 0 amide bonds. The van der Waals surface area contributed by atoms with E-state index in [1.54, 1.807) is 0 Å². The summed E-state index contributed by atoms with van der Waals surface area (Å²) in [6, 6.07) is 9.54. The molecule has 1 aromatic rings. The molecule has 1 fully saturated rings. The van der Waals surface area contributed by atoms with Gasteiger partial charge in [0.2, 0.25) is 0 Å². The van der Waals surface area contributed by atoms with E-state index in [0.29, 0.717) is 19.1 Å². The Bertz CT molecular complexity index is 513. The van der Waals surface area contributed by atoms with E-state index in [9.17, 15) is 4.79 Å². The second kappa shape index (κ2) is 6.33. The van der Waals surface area contributed by atoms with Crippen molar-refractivity contribution in [3.8, 4) is 5.75 Å². The standard InChI is InChI=1S/C18H24O3/c1-13(2)12-15-16(18(15,3)4)17(19)21-11-10-20-14-8-6-5-7-9-14/h5-9,12,15-16H,10-11H2,1-4H3/t15-,16+/m0/s1. The van der Waals surface area contributed by atoms with Crippen LogP contribution in [0.3, 0.4) is 0 Å². The summed E-state index contributed by atoms with van der Waals surface area (Å²) < 4.78 is 10.9. The molecule has 2 atom stereocenters. The lowest BCUT2D eigenvalue weighted by Crippen LogP contribution is -2.15. The molecule has 0 bridgehead atoms. The van der Waals surface area contributed by atoms with Crippen LogP contribution in [-0.4, -0.2) is 19.2 Å². The molecule has 0 heterocycles. The van der Waals surface area contributed by atoms with E-state index in [4.69, 9.17) is 9.47 Å². The highest BCUT2D eigenvalue weighted by molar-refractivity contribution is 5.78. The summed E-state index contributed by atoms with van der Waals surface area (Å²) in [5.41, 5.74) is 1.25. The number of hydrogen-bond acceptors (Lipinski definition) is 3. The lowest BCUT2D eigenvalue weighted by atomic mass is 10.1. The van der Waals surface area contributed by atoms with Gasteiger partial charge in [-0.2, -0.15) is 0 Å². The molecule has 0 aromatic heterocycles. The average Bonchev–Trinajstić information content (AvgIpc) is 2.96. The fourth-order valence-corrected chi connectivity index (χ4v) is 2.71. The highest BCUT2D eigenvalue weighted by Gasteiger charge is 2.61. The number of carbonyl (C=O) groups excluding carboxylic acids is 1. The van der Waals surface area contributed by atoms with Crippen LogP contribution in [-0.2, 0) is 9.53 Å². The Morgan fingerprint density at radius 2 is 1.86 bits per heavy atom. The Balaban J connectivity index is 1.74. The Labute approximate surface area is 127 Å². The quantitative estimate of drug-likeness (QED) is 0.453. The number of hydrogen-bond donors (Lipinski definition) is 0. The van der Waals surface area contributed by atoms with Crippen LogP contribution in [0.5, 0.6) is 5.75 Å². The van der Waals surface area contributed by atoms with Gasteiger partial charge in [-0.1, -0.05) is 43.7 Å². The lowest BCUT2D eigenvalue weighted by Gasteiger charge is -2.07. The molecular formula is C18H24O3. The van der Waals surface area contributed by atoms with Crippen molar-refractivity contribution in [3.05, 3.63) is 42.0 Å². The fourth-order valence-electron chi connectivity index (χ4n) is 2.71. The molecule has 2 rings (SSSR count). The summed E-state index contributed by atoms with van der Waals surface area (Å²) in [6.07, 6.45) is 2.17. The molecule has 0 N–H and O–H groups in total. The Morgan fingerprint density at radius 1 is 1.19 bits per heavy atom. The summed E-state index contributed by atoms with van der Waals surface area (Å²) in [5.74, 6) is 0.955. The summed E-state index contributed by atoms with van der Waals surface area (Å²) in [7, 11) is 0. The molecule has 0 radical (unpaired) electrons. The second-order valence-electron chi connectivity index (χ2n) is 6.40. The number of para-hydroxylation sites is 1. The van der Waals surface area contributed by atoms with E-state index in [1.165, 1.54) is 5.57 Å². The van der Waals surface area contributed by atoms with Crippen molar-refractivity contribution in [2.24, 2.45) is 17.3 Å². The van der Waals surface area contributed by atoms with Crippen LogP contribution in [0.25, 0.3) is 0 Å². The molecule has 1 aliphatic carbocycles. The lowest BCUT2D eigenvalue weighted by molar-refractivity contribution is -0.146. The number of esters is 1. The van der Waals surface area contributed by atoms with Crippen molar-refractivity contribution in [1.82, 2.24) is 0 Å². The first kappa shape index (κ1) is 15.6. The van der Waals surface area contributed by atoms with Gasteiger partial charge in [-0.05, 0) is 37.3 Å². The minimum absolute atomic E-state index is 0.00857. The van der Waals surface area contributed by atoms with Crippen molar-refractivity contribution in [1.29, 1.82) is 0 Å². The number of carbonyl (C=O) groups is 1. The molecule has 21 heavy (non-hydrogen) atoms. The topological polar surface area (TPSA) is 35.5 Å². The molecule has 3 nitrogen and oxygen atoms in total. The molecule has 0 aliphatic heterocycles. The van der Waals surface area contributed by atoms with Gasteiger partial charge in [0.25, 0.3) is 0 Å². The molecule has 1 aromatic carbocycles. The van der Waals surface area contributed by atoms with Crippen LogP contribution in [0.15, 0.2) is 42.0 Å². The van der Waals surface area contributed by atoms with Gasteiger partial charge in [-0.15, -0.1) is 0 Å². The van der Waals surface area contributed by atoms with Crippen molar-refractivity contribution in [3.63, 3.8) is 0 Å². The van der Waals surface area contributed by atoms with Gasteiger partial charge in [0, 0.05) is 0 Å². The predicted octanol–water partition coefficient (Wildman–Crippen LogP) is 3.85. The van der Waals surface area contributed by atoms with Gasteiger partial charge in [-0.25, -0.2) is 0 Å². The Kier molecular flexibility index (Phi) is 4.71. The van der Waals surface area contributed by atoms with E-state index < -0.39 is 0 Å². The number of benzene rings is 1. The molecule has 0 unspecified atom stereocenters. The Morgan fingerprint density at radius 3 is 2.48 bits per heavy atom. The predicted molar refractivity (Wildman–Crippen MR) is 83.1 cm³/mol. The molecule has 0 spiro atoms. The highest BCUT2D eigenvalue weighted by atomic mass is 16.6. The third-order valence-corrected chi connectivity index (χ3v) is 4.02. The van der Waals surface area contributed by atoms with Crippen LogP contribution >= 0.6 is 0 Å². The molecule has 0 saturated heterocycles. The van der Waals surface area contributed by atoms with Gasteiger partial charge >= 0.3 is 5.97 Å². The van der Waals surface area contributed by atoms with E-state index in [-0.39, 0.29) is 17.3 Å². The van der Waals surface area contributed by atoms with Crippen molar-refractivity contribution >= 4 is 5.97 Å². The van der Waals surface area contributed by atoms with Crippen LogP contribution in [0.2, 0.25) is 0 Å². The van der Waals surface area contributed by atoms with Gasteiger partial charge in [0.1, 0.15) is 19.0 Å². The molecule has 114 valence electrons.